The number of hydrogen-bond acceptors (Lipinski definition) is 5. The molecule has 0 unspecified atom stereocenters. The van der Waals surface area contributed by atoms with E-state index in [-0.39, 0.29) is 10.8 Å². The van der Waals surface area contributed by atoms with Crippen molar-refractivity contribution in [3.8, 4) is 0 Å². The van der Waals surface area contributed by atoms with Crippen molar-refractivity contribution in [1.29, 1.82) is 0 Å². The van der Waals surface area contributed by atoms with Crippen LogP contribution >= 0.6 is 11.3 Å². The number of aryl methyl sites for hydroxylation is 2. The number of thiazole rings is 1. The zero-order valence-corrected chi connectivity index (χ0v) is 16.7. The van der Waals surface area contributed by atoms with Crippen LogP contribution in [-0.4, -0.2) is 25.9 Å². The minimum Gasteiger partial charge on any atom is -0.312 e. The van der Waals surface area contributed by atoms with Crippen molar-refractivity contribution in [2.45, 2.75) is 31.6 Å². The maximum Gasteiger partial charge on any atom is 0.263 e. The van der Waals surface area contributed by atoms with E-state index in [1.165, 1.54) is 23.5 Å². The van der Waals surface area contributed by atoms with Crippen LogP contribution in [0.4, 0.5) is 10.8 Å². The molecule has 0 spiro atoms. The molecule has 4 rings (SSSR count). The lowest BCUT2D eigenvalue weighted by molar-refractivity contribution is -0.117. The van der Waals surface area contributed by atoms with Crippen molar-refractivity contribution in [2.24, 2.45) is 0 Å². The highest BCUT2D eigenvalue weighted by atomic mass is 32.2. The minimum absolute atomic E-state index is 0.0730. The van der Waals surface area contributed by atoms with Gasteiger partial charge in [-0.15, -0.1) is 0 Å². The van der Waals surface area contributed by atoms with Crippen LogP contribution in [-0.2, 0) is 14.8 Å². The number of benzene rings is 2. The van der Waals surface area contributed by atoms with Crippen molar-refractivity contribution in [3.05, 3.63) is 47.5 Å². The molecular formula is C19H19N3O3S2. The van der Waals surface area contributed by atoms with Crippen LogP contribution in [0.2, 0.25) is 0 Å². The van der Waals surface area contributed by atoms with E-state index in [2.05, 4.69) is 9.71 Å². The van der Waals surface area contributed by atoms with Crippen LogP contribution in [0.5, 0.6) is 0 Å². The van der Waals surface area contributed by atoms with Gasteiger partial charge in [0.1, 0.15) is 0 Å². The maximum atomic E-state index is 12.7. The second kappa shape index (κ2) is 6.61. The number of fused-ring (bicyclic) bond motifs is 1. The van der Waals surface area contributed by atoms with Crippen molar-refractivity contribution >= 4 is 48.3 Å². The number of anilines is 2. The Labute approximate surface area is 161 Å². The lowest BCUT2D eigenvalue weighted by Crippen LogP contribution is -2.23. The summed E-state index contributed by atoms with van der Waals surface area (Å²) in [6, 6.07) is 10.4. The first kappa shape index (κ1) is 17.9. The summed E-state index contributed by atoms with van der Waals surface area (Å²) in [6.45, 7) is 4.64. The van der Waals surface area contributed by atoms with E-state index in [0.717, 1.165) is 33.5 Å². The Morgan fingerprint density at radius 1 is 1.15 bits per heavy atom. The number of carbonyl (C=O) groups excluding carboxylic acids is 1. The van der Waals surface area contributed by atoms with Gasteiger partial charge in [-0.3, -0.25) is 9.52 Å². The van der Waals surface area contributed by atoms with E-state index >= 15 is 0 Å². The number of nitrogens with zero attached hydrogens (tertiary/aromatic N) is 2. The summed E-state index contributed by atoms with van der Waals surface area (Å²) in [5.41, 5.74) is 3.67. The third kappa shape index (κ3) is 3.42. The number of sulfonamides is 1. The third-order valence-corrected chi connectivity index (χ3v) is 6.99. The summed E-state index contributed by atoms with van der Waals surface area (Å²) in [6.07, 6.45) is 1.37. The smallest absolute Gasteiger partial charge is 0.263 e. The highest BCUT2D eigenvalue weighted by Crippen LogP contribution is 2.31. The highest BCUT2D eigenvalue weighted by Gasteiger charge is 2.23. The second-order valence-electron chi connectivity index (χ2n) is 6.70. The summed E-state index contributed by atoms with van der Waals surface area (Å²) < 4.78 is 28.9. The van der Waals surface area contributed by atoms with E-state index < -0.39 is 10.0 Å². The Morgan fingerprint density at radius 3 is 2.56 bits per heavy atom. The van der Waals surface area contributed by atoms with Crippen molar-refractivity contribution < 1.29 is 13.2 Å². The first-order chi connectivity index (χ1) is 12.8. The molecule has 1 N–H and O–H groups in total. The van der Waals surface area contributed by atoms with Crippen LogP contribution in [0.15, 0.2) is 41.3 Å². The fraction of sp³-hybridized carbons (Fsp3) is 0.263. The van der Waals surface area contributed by atoms with E-state index in [1.807, 2.05) is 26.0 Å². The van der Waals surface area contributed by atoms with Gasteiger partial charge in [-0.05, 0) is 61.7 Å². The Balaban J connectivity index is 1.60. The molecule has 1 aliphatic rings. The molecule has 140 valence electrons. The predicted octanol–water partition coefficient (Wildman–Crippen LogP) is 3.84. The van der Waals surface area contributed by atoms with Crippen LogP contribution in [0.3, 0.4) is 0 Å². The van der Waals surface area contributed by atoms with E-state index in [1.54, 1.807) is 17.0 Å². The maximum absolute atomic E-state index is 12.7. The average molecular weight is 402 g/mol. The van der Waals surface area contributed by atoms with Crippen LogP contribution in [0.25, 0.3) is 10.2 Å². The summed E-state index contributed by atoms with van der Waals surface area (Å²) in [5.74, 6) is 0.0730. The molecule has 1 aliphatic heterocycles. The second-order valence-corrected chi connectivity index (χ2v) is 9.41. The quantitative estimate of drug-likeness (QED) is 0.720. The van der Waals surface area contributed by atoms with Gasteiger partial charge >= 0.3 is 0 Å². The molecule has 1 amide bonds. The molecule has 27 heavy (non-hydrogen) atoms. The zero-order chi connectivity index (χ0) is 19.2. The van der Waals surface area contributed by atoms with Gasteiger partial charge in [-0.25, -0.2) is 13.4 Å². The van der Waals surface area contributed by atoms with Gasteiger partial charge in [0.2, 0.25) is 5.91 Å². The standard InChI is InChI=1S/C19H19N3O3S2/c1-12-10-13(2)18-16(11-12)26-19(20-18)21-27(24,25)15-7-5-14(6-8-15)22-9-3-4-17(22)23/h5-8,10-11H,3-4,9H2,1-2H3,(H,20,21). The molecule has 2 aromatic carbocycles. The van der Waals surface area contributed by atoms with Gasteiger partial charge in [0.25, 0.3) is 10.0 Å². The monoisotopic (exact) mass is 401 g/mol. The molecule has 1 fully saturated rings. The average Bonchev–Trinajstić information content (AvgIpc) is 3.20. The number of amides is 1. The molecule has 0 atom stereocenters. The molecule has 0 radical (unpaired) electrons. The normalized spacial score (nSPS) is 14.9. The number of nitrogens with one attached hydrogen (secondary N) is 1. The molecule has 0 aliphatic carbocycles. The van der Waals surface area contributed by atoms with Crippen LogP contribution < -0.4 is 9.62 Å². The van der Waals surface area contributed by atoms with Gasteiger partial charge in [0.05, 0.1) is 15.1 Å². The van der Waals surface area contributed by atoms with Crippen molar-refractivity contribution in [1.82, 2.24) is 4.98 Å². The number of aromatic nitrogens is 1. The van der Waals surface area contributed by atoms with Crippen molar-refractivity contribution in [3.63, 3.8) is 0 Å². The fourth-order valence-electron chi connectivity index (χ4n) is 3.31. The first-order valence-electron chi connectivity index (χ1n) is 8.64. The summed E-state index contributed by atoms with van der Waals surface area (Å²) in [5, 5.41) is 0.345. The fourth-order valence-corrected chi connectivity index (χ4v) is 5.59. The van der Waals surface area contributed by atoms with E-state index in [0.29, 0.717) is 18.1 Å². The molecule has 6 nitrogen and oxygen atoms in total. The molecule has 3 aromatic rings. The van der Waals surface area contributed by atoms with Gasteiger partial charge in [0.15, 0.2) is 5.13 Å². The molecule has 0 saturated carbocycles. The Kier molecular flexibility index (Phi) is 4.39. The first-order valence-corrected chi connectivity index (χ1v) is 10.9. The summed E-state index contributed by atoms with van der Waals surface area (Å²) >= 11 is 1.32. The van der Waals surface area contributed by atoms with Gasteiger partial charge < -0.3 is 4.90 Å². The number of rotatable bonds is 4. The zero-order valence-electron chi connectivity index (χ0n) is 15.0. The van der Waals surface area contributed by atoms with E-state index in [4.69, 9.17) is 0 Å². The molecule has 1 saturated heterocycles. The molecule has 8 heteroatoms. The SMILES string of the molecule is Cc1cc(C)c2nc(NS(=O)(=O)c3ccc(N4CCCC4=O)cc3)sc2c1. The molecule has 2 heterocycles. The minimum atomic E-state index is -3.74. The lowest BCUT2D eigenvalue weighted by atomic mass is 10.1. The number of hydrogen-bond donors (Lipinski definition) is 1. The molecule has 0 bridgehead atoms. The Bertz CT molecular complexity index is 1130. The van der Waals surface area contributed by atoms with Crippen molar-refractivity contribution in [2.75, 3.05) is 16.2 Å². The summed E-state index contributed by atoms with van der Waals surface area (Å²) in [4.78, 5) is 18.1. The lowest BCUT2D eigenvalue weighted by Gasteiger charge is -2.16. The van der Waals surface area contributed by atoms with Gasteiger partial charge in [0, 0.05) is 18.7 Å². The molecule has 1 aromatic heterocycles. The number of carbonyl (C=O) groups is 1. The van der Waals surface area contributed by atoms with Crippen LogP contribution in [0.1, 0.15) is 24.0 Å². The van der Waals surface area contributed by atoms with Gasteiger partial charge in [-0.1, -0.05) is 17.4 Å². The Hall–Kier alpha value is -2.45. The Morgan fingerprint density at radius 2 is 1.89 bits per heavy atom. The van der Waals surface area contributed by atoms with Crippen LogP contribution in [0, 0.1) is 13.8 Å². The highest BCUT2D eigenvalue weighted by molar-refractivity contribution is 7.93. The topological polar surface area (TPSA) is 79.4 Å². The summed E-state index contributed by atoms with van der Waals surface area (Å²) in [7, 11) is -3.74. The largest absolute Gasteiger partial charge is 0.312 e. The van der Waals surface area contributed by atoms with E-state index in [9.17, 15) is 13.2 Å². The predicted molar refractivity (Wildman–Crippen MR) is 108 cm³/mol. The molecular weight excluding hydrogens is 382 g/mol. The third-order valence-electron chi connectivity index (χ3n) is 4.58. The van der Waals surface area contributed by atoms with Gasteiger partial charge in [-0.2, -0.15) is 0 Å².